The molecule has 2 N–H and O–H groups in total. The van der Waals surface area contributed by atoms with E-state index in [-0.39, 0.29) is 11.9 Å². The summed E-state index contributed by atoms with van der Waals surface area (Å²) in [5, 5.41) is 6.22. The third kappa shape index (κ3) is 4.81. The van der Waals surface area contributed by atoms with Crippen LogP contribution in [0.3, 0.4) is 0 Å². The molecule has 0 radical (unpaired) electrons. The molecule has 1 unspecified atom stereocenters. The van der Waals surface area contributed by atoms with Crippen LogP contribution in [0.4, 0.5) is 5.82 Å². The highest BCUT2D eigenvalue weighted by atomic mass is 16.1. The first-order valence-electron chi connectivity index (χ1n) is 7.10. The second kappa shape index (κ2) is 7.85. The lowest BCUT2D eigenvalue weighted by molar-refractivity contribution is 0.0917. The topological polar surface area (TPSA) is 57.3 Å². The maximum Gasteiger partial charge on any atom is 0.255 e. The van der Waals surface area contributed by atoms with Crippen LogP contribution in [0.2, 0.25) is 0 Å². The number of carbonyl (C=O) groups is 1. The lowest BCUT2D eigenvalue weighted by Gasteiger charge is -2.26. The summed E-state index contributed by atoms with van der Waals surface area (Å²) in [7, 11) is 4.02. The van der Waals surface area contributed by atoms with Crippen LogP contribution in [0.1, 0.15) is 31.1 Å². The number of amides is 1. The van der Waals surface area contributed by atoms with Crippen LogP contribution in [0.15, 0.2) is 18.3 Å². The van der Waals surface area contributed by atoms with Gasteiger partial charge in [-0.3, -0.25) is 4.79 Å². The van der Waals surface area contributed by atoms with Crippen molar-refractivity contribution in [1.82, 2.24) is 15.2 Å². The number of aromatic nitrogens is 1. The van der Waals surface area contributed by atoms with Crippen molar-refractivity contribution in [2.45, 2.75) is 26.8 Å². The van der Waals surface area contributed by atoms with Crippen LogP contribution >= 0.6 is 0 Å². The summed E-state index contributed by atoms with van der Waals surface area (Å²) >= 11 is 0. The number of hydrogen-bond donors (Lipinski definition) is 2. The largest absolute Gasteiger partial charge is 0.370 e. The average Bonchev–Trinajstić information content (AvgIpc) is 2.38. The van der Waals surface area contributed by atoms with E-state index < -0.39 is 0 Å². The van der Waals surface area contributed by atoms with Gasteiger partial charge in [-0.25, -0.2) is 4.98 Å². The smallest absolute Gasteiger partial charge is 0.255 e. The summed E-state index contributed by atoms with van der Waals surface area (Å²) in [5.41, 5.74) is 0.596. The highest BCUT2D eigenvalue weighted by molar-refractivity contribution is 5.98. The van der Waals surface area contributed by atoms with Crippen molar-refractivity contribution < 1.29 is 4.79 Å². The normalized spacial score (nSPS) is 12.6. The number of nitrogens with one attached hydrogen (secondary N) is 2. The lowest BCUT2D eigenvalue weighted by Crippen LogP contribution is -2.45. The molecule has 1 amide bonds. The average molecular weight is 278 g/mol. The molecule has 0 aliphatic heterocycles. The molecule has 0 bridgehead atoms. The molecule has 0 fully saturated rings. The standard InChI is InChI=1S/C15H26N4O/c1-6-16-14-12(8-7-9-17-14)15(20)18-13(11(2)3)10-19(4)5/h7-9,11,13H,6,10H2,1-5H3,(H,16,17)(H,18,20). The van der Waals surface area contributed by atoms with E-state index in [1.54, 1.807) is 18.3 Å². The van der Waals surface area contributed by atoms with E-state index in [2.05, 4.69) is 34.4 Å². The zero-order valence-corrected chi connectivity index (χ0v) is 13.1. The van der Waals surface area contributed by atoms with Gasteiger partial charge in [0.25, 0.3) is 5.91 Å². The molecule has 5 heteroatoms. The summed E-state index contributed by atoms with van der Waals surface area (Å²) in [5.74, 6) is 0.940. The summed E-state index contributed by atoms with van der Waals surface area (Å²) in [6, 6.07) is 3.70. The Morgan fingerprint density at radius 3 is 2.65 bits per heavy atom. The van der Waals surface area contributed by atoms with Gasteiger partial charge < -0.3 is 15.5 Å². The van der Waals surface area contributed by atoms with Crippen LogP contribution in [-0.2, 0) is 0 Å². The number of pyridine rings is 1. The quantitative estimate of drug-likeness (QED) is 0.799. The number of anilines is 1. The van der Waals surface area contributed by atoms with Gasteiger partial charge in [-0.15, -0.1) is 0 Å². The molecule has 1 aromatic heterocycles. The Hall–Kier alpha value is -1.62. The van der Waals surface area contributed by atoms with E-state index in [9.17, 15) is 4.79 Å². The Kier molecular flexibility index (Phi) is 6.45. The SMILES string of the molecule is CCNc1ncccc1C(=O)NC(CN(C)C)C(C)C. The van der Waals surface area contributed by atoms with Crippen LogP contribution in [0.25, 0.3) is 0 Å². The molecule has 1 atom stereocenters. The van der Waals surface area contributed by atoms with Crippen LogP contribution in [0.5, 0.6) is 0 Å². The fourth-order valence-electron chi connectivity index (χ4n) is 1.96. The summed E-state index contributed by atoms with van der Waals surface area (Å²) < 4.78 is 0. The Balaban J connectivity index is 2.83. The molecule has 0 aliphatic carbocycles. The number of nitrogens with zero attached hydrogens (tertiary/aromatic N) is 2. The molecule has 0 spiro atoms. The second-order valence-electron chi connectivity index (χ2n) is 5.52. The van der Waals surface area contributed by atoms with Gasteiger partial charge >= 0.3 is 0 Å². The molecule has 1 rings (SSSR count). The molecule has 0 aliphatic rings. The molecule has 1 heterocycles. The number of rotatable bonds is 7. The summed E-state index contributed by atoms with van der Waals surface area (Å²) in [6.07, 6.45) is 1.69. The van der Waals surface area contributed by atoms with Crippen LogP contribution < -0.4 is 10.6 Å². The second-order valence-corrected chi connectivity index (χ2v) is 5.52. The first-order chi connectivity index (χ1) is 9.45. The minimum absolute atomic E-state index is 0.0744. The molecular formula is C15H26N4O. The monoisotopic (exact) mass is 278 g/mol. The third-order valence-corrected chi connectivity index (χ3v) is 3.08. The van der Waals surface area contributed by atoms with Gasteiger partial charge in [0.05, 0.1) is 5.56 Å². The summed E-state index contributed by atoms with van der Waals surface area (Å²) in [6.45, 7) is 7.77. The maximum atomic E-state index is 12.4. The molecule has 112 valence electrons. The molecule has 20 heavy (non-hydrogen) atoms. The fraction of sp³-hybridized carbons (Fsp3) is 0.600. The summed E-state index contributed by atoms with van der Waals surface area (Å²) in [4.78, 5) is 18.7. The van der Waals surface area contributed by atoms with E-state index in [1.165, 1.54) is 0 Å². The van der Waals surface area contributed by atoms with E-state index in [0.717, 1.165) is 13.1 Å². The molecular weight excluding hydrogens is 252 g/mol. The zero-order chi connectivity index (χ0) is 15.1. The van der Waals surface area contributed by atoms with Crippen LogP contribution in [0, 0.1) is 5.92 Å². The number of carbonyl (C=O) groups excluding carboxylic acids is 1. The van der Waals surface area contributed by atoms with E-state index in [4.69, 9.17) is 0 Å². The molecule has 0 saturated heterocycles. The van der Waals surface area contributed by atoms with Crippen molar-refractivity contribution in [3.63, 3.8) is 0 Å². The predicted molar refractivity (Wildman–Crippen MR) is 83.0 cm³/mol. The van der Waals surface area contributed by atoms with Crippen molar-refractivity contribution in [3.8, 4) is 0 Å². The third-order valence-electron chi connectivity index (χ3n) is 3.08. The Bertz CT molecular complexity index is 432. The molecule has 5 nitrogen and oxygen atoms in total. The van der Waals surface area contributed by atoms with Crippen LogP contribution in [-0.4, -0.2) is 49.0 Å². The van der Waals surface area contributed by atoms with Crippen molar-refractivity contribution in [2.24, 2.45) is 5.92 Å². The van der Waals surface area contributed by atoms with E-state index >= 15 is 0 Å². The highest BCUT2D eigenvalue weighted by Gasteiger charge is 2.19. The van der Waals surface area contributed by atoms with Gasteiger partial charge in [0.2, 0.25) is 0 Å². The van der Waals surface area contributed by atoms with Gasteiger partial charge in [-0.05, 0) is 39.1 Å². The van der Waals surface area contributed by atoms with Gasteiger partial charge in [0.1, 0.15) is 5.82 Å². The first kappa shape index (κ1) is 16.4. The first-order valence-corrected chi connectivity index (χ1v) is 7.10. The Labute approximate surface area is 121 Å². The van der Waals surface area contributed by atoms with E-state index in [0.29, 0.717) is 17.3 Å². The number of hydrogen-bond acceptors (Lipinski definition) is 4. The van der Waals surface area contributed by atoms with Crippen molar-refractivity contribution in [1.29, 1.82) is 0 Å². The lowest BCUT2D eigenvalue weighted by atomic mass is 10.0. The zero-order valence-electron chi connectivity index (χ0n) is 13.1. The molecule has 0 saturated carbocycles. The van der Waals surface area contributed by atoms with Gasteiger partial charge in [-0.1, -0.05) is 13.8 Å². The highest BCUT2D eigenvalue weighted by Crippen LogP contribution is 2.12. The van der Waals surface area contributed by atoms with Gasteiger partial charge in [0, 0.05) is 25.3 Å². The predicted octanol–water partition coefficient (Wildman–Crippen LogP) is 1.83. The van der Waals surface area contributed by atoms with E-state index in [1.807, 2.05) is 21.0 Å². The van der Waals surface area contributed by atoms with Crippen molar-refractivity contribution in [2.75, 3.05) is 32.5 Å². The minimum atomic E-state index is -0.0744. The van der Waals surface area contributed by atoms with Crippen molar-refractivity contribution in [3.05, 3.63) is 23.9 Å². The number of likely N-dealkylation sites (N-methyl/N-ethyl adjacent to an activating group) is 1. The fourth-order valence-corrected chi connectivity index (χ4v) is 1.96. The van der Waals surface area contributed by atoms with Gasteiger partial charge in [0.15, 0.2) is 0 Å². The minimum Gasteiger partial charge on any atom is -0.370 e. The maximum absolute atomic E-state index is 12.4. The Morgan fingerprint density at radius 1 is 1.40 bits per heavy atom. The molecule has 0 aromatic carbocycles. The molecule has 1 aromatic rings. The van der Waals surface area contributed by atoms with Gasteiger partial charge in [-0.2, -0.15) is 0 Å². The van der Waals surface area contributed by atoms with Crippen molar-refractivity contribution >= 4 is 11.7 Å². The Morgan fingerprint density at radius 2 is 2.10 bits per heavy atom.